The highest BCUT2D eigenvalue weighted by atomic mass is 32.2. The van der Waals surface area contributed by atoms with Gasteiger partial charge in [-0.25, -0.2) is 4.79 Å². The standard InChI is InChI=1S/C25H25N3O3S/c1-3-28-20-15-18(13-14-23(20)32-22-12-8-6-10-19(22)24(28)29)27-25(30)26-16-17-9-5-7-11-21(17)31-4-2/h5-15H,3-4,16H2,1-2H3,(H2,26,27,30). The third-order valence-electron chi connectivity index (χ3n) is 5.12. The van der Waals surface area contributed by atoms with Crippen LogP contribution >= 0.6 is 11.8 Å². The number of hydrogen-bond acceptors (Lipinski definition) is 4. The normalized spacial score (nSPS) is 12.4. The molecule has 1 aliphatic heterocycles. The Morgan fingerprint density at radius 2 is 1.78 bits per heavy atom. The first-order valence-corrected chi connectivity index (χ1v) is 11.4. The summed E-state index contributed by atoms with van der Waals surface area (Å²) >= 11 is 1.56. The second-order valence-corrected chi connectivity index (χ2v) is 8.26. The minimum atomic E-state index is -0.324. The number of fused-ring (bicyclic) bond motifs is 2. The Hall–Kier alpha value is -3.45. The summed E-state index contributed by atoms with van der Waals surface area (Å²) in [5, 5.41) is 5.75. The predicted octanol–water partition coefficient (Wildman–Crippen LogP) is 5.54. The maximum atomic E-state index is 13.1. The zero-order valence-electron chi connectivity index (χ0n) is 18.1. The highest BCUT2D eigenvalue weighted by Crippen LogP contribution is 2.42. The maximum absolute atomic E-state index is 13.1. The fraction of sp³-hybridized carbons (Fsp3) is 0.200. The first-order chi connectivity index (χ1) is 15.6. The first kappa shape index (κ1) is 21.8. The van der Waals surface area contributed by atoms with Crippen LogP contribution in [-0.2, 0) is 6.54 Å². The lowest BCUT2D eigenvalue weighted by atomic mass is 10.1. The highest BCUT2D eigenvalue weighted by molar-refractivity contribution is 7.99. The molecule has 0 spiro atoms. The number of nitrogens with one attached hydrogen (secondary N) is 2. The number of rotatable bonds is 6. The molecule has 3 aromatic rings. The molecule has 2 N–H and O–H groups in total. The summed E-state index contributed by atoms with van der Waals surface area (Å²) in [5.41, 5.74) is 3.01. The van der Waals surface area contributed by atoms with E-state index in [4.69, 9.17) is 4.74 Å². The number of para-hydroxylation sites is 1. The van der Waals surface area contributed by atoms with Crippen molar-refractivity contribution in [1.29, 1.82) is 0 Å². The van der Waals surface area contributed by atoms with Crippen LogP contribution in [0.2, 0.25) is 0 Å². The molecule has 0 bridgehead atoms. The van der Waals surface area contributed by atoms with Gasteiger partial charge in [0.15, 0.2) is 0 Å². The molecule has 3 amide bonds. The zero-order valence-corrected chi connectivity index (χ0v) is 18.9. The predicted molar refractivity (Wildman–Crippen MR) is 128 cm³/mol. The monoisotopic (exact) mass is 447 g/mol. The number of carbonyl (C=O) groups is 2. The largest absolute Gasteiger partial charge is 0.494 e. The Labute approximate surface area is 192 Å². The number of ether oxygens (including phenoxy) is 1. The second kappa shape index (κ2) is 9.78. The van der Waals surface area contributed by atoms with Crippen molar-refractivity contribution in [2.45, 2.75) is 30.2 Å². The third kappa shape index (κ3) is 4.57. The van der Waals surface area contributed by atoms with Gasteiger partial charge in [-0.05, 0) is 50.2 Å². The number of nitrogens with zero attached hydrogens (tertiary/aromatic N) is 1. The van der Waals surface area contributed by atoms with E-state index in [1.807, 2.05) is 80.6 Å². The van der Waals surface area contributed by atoms with E-state index in [-0.39, 0.29) is 11.9 Å². The first-order valence-electron chi connectivity index (χ1n) is 10.6. The van der Waals surface area contributed by atoms with Gasteiger partial charge in [0.2, 0.25) is 0 Å². The van der Waals surface area contributed by atoms with E-state index in [0.29, 0.717) is 30.9 Å². The Balaban J connectivity index is 1.50. The summed E-state index contributed by atoms with van der Waals surface area (Å²) in [7, 11) is 0. The van der Waals surface area contributed by atoms with Crippen LogP contribution < -0.4 is 20.3 Å². The molecule has 0 aliphatic carbocycles. The van der Waals surface area contributed by atoms with Crippen molar-refractivity contribution in [3.63, 3.8) is 0 Å². The van der Waals surface area contributed by atoms with Gasteiger partial charge in [0.25, 0.3) is 5.91 Å². The van der Waals surface area contributed by atoms with Crippen molar-refractivity contribution in [2.24, 2.45) is 0 Å². The number of urea groups is 1. The van der Waals surface area contributed by atoms with Crippen LogP contribution in [0.15, 0.2) is 76.5 Å². The minimum Gasteiger partial charge on any atom is -0.494 e. The number of anilines is 2. The quantitative estimate of drug-likeness (QED) is 0.521. The smallest absolute Gasteiger partial charge is 0.319 e. The van der Waals surface area contributed by atoms with Crippen molar-refractivity contribution in [2.75, 3.05) is 23.4 Å². The van der Waals surface area contributed by atoms with Gasteiger partial charge in [-0.15, -0.1) is 0 Å². The zero-order chi connectivity index (χ0) is 22.5. The molecule has 1 heterocycles. The van der Waals surface area contributed by atoms with Crippen LogP contribution in [0.25, 0.3) is 0 Å². The van der Waals surface area contributed by atoms with Crippen LogP contribution in [0.5, 0.6) is 5.75 Å². The van der Waals surface area contributed by atoms with E-state index in [2.05, 4.69) is 10.6 Å². The maximum Gasteiger partial charge on any atom is 0.319 e. The average Bonchev–Trinajstić information content (AvgIpc) is 2.92. The van der Waals surface area contributed by atoms with Gasteiger partial charge in [-0.2, -0.15) is 0 Å². The van der Waals surface area contributed by atoms with E-state index in [9.17, 15) is 9.59 Å². The Morgan fingerprint density at radius 1 is 1.00 bits per heavy atom. The Morgan fingerprint density at radius 3 is 2.59 bits per heavy atom. The summed E-state index contributed by atoms with van der Waals surface area (Å²) < 4.78 is 5.61. The van der Waals surface area contributed by atoms with E-state index < -0.39 is 0 Å². The molecular weight excluding hydrogens is 422 g/mol. The molecule has 0 radical (unpaired) electrons. The van der Waals surface area contributed by atoms with E-state index in [0.717, 1.165) is 26.8 Å². The van der Waals surface area contributed by atoms with Gasteiger partial charge in [-0.1, -0.05) is 42.1 Å². The third-order valence-corrected chi connectivity index (χ3v) is 6.26. The molecule has 0 unspecified atom stereocenters. The van der Waals surface area contributed by atoms with E-state index in [1.165, 1.54) is 0 Å². The molecule has 1 aliphatic rings. The lowest BCUT2D eigenvalue weighted by molar-refractivity contribution is 0.0985. The fourth-order valence-corrected chi connectivity index (χ4v) is 4.67. The van der Waals surface area contributed by atoms with E-state index in [1.54, 1.807) is 16.7 Å². The molecule has 0 atom stereocenters. The Bertz CT molecular complexity index is 1150. The molecule has 0 saturated carbocycles. The topological polar surface area (TPSA) is 70.7 Å². The molecule has 0 fully saturated rings. The molecule has 7 heteroatoms. The van der Waals surface area contributed by atoms with Crippen LogP contribution in [0.1, 0.15) is 29.8 Å². The van der Waals surface area contributed by atoms with Crippen molar-refractivity contribution >= 4 is 35.1 Å². The van der Waals surface area contributed by atoms with Crippen molar-refractivity contribution in [1.82, 2.24) is 5.32 Å². The molecular formula is C25H25N3O3S. The number of benzene rings is 3. The molecule has 6 nitrogen and oxygen atoms in total. The van der Waals surface area contributed by atoms with Gasteiger partial charge in [-0.3, -0.25) is 4.79 Å². The minimum absolute atomic E-state index is 0.0384. The number of hydrogen-bond donors (Lipinski definition) is 2. The van der Waals surface area contributed by atoms with Gasteiger partial charge in [0, 0.05) is 34.1 Å². The van der Waals surface area contributed by atoms with Crippen LogP contribution in [0, 0.1) is 0 Å². The summed E-state index contributed by atoms with van der Waals surface area (Å²) in [6.45, 7) is 5.31. The molecule has 0 saturated heterocycles. The van der Waals surface area contributed by atoms with Gasteiger partial charge in [0.1, 0.15) is 5.75 Å². The molecule has 0 aromatic heterocycles. The summed E-state index contributed by atoms with van der Waals surface area (Å²) in [5.74, 6) is 0.720. The van der Waals surface area contributed by atoms with Gasteiger partial charge in [0.05, 0.1) is 17.9 Å². The molecule has 164 valence electrons. The summed E-state index contributed by atoms with van der Waals surface area (Å²) in [6.07, 6.45) is 0. The summed E-state index contributed by atoms with van der Waals surface area (Å²) in [4.78, 5) is 29.3. The van der Waals surface area contributed by atoms with E-state index >= 15 is 0 Å². The van der Waals surface area contributed by atoms with Crippen molar-refractivity contribution < 1.29 is 14.3 Å². The lowest BCUT2D eigenvalue weighted by Crippen LogP contribution is -2.31. The fourth-order valence-electron chi connectivity index (χ4n) is 3.61. The summed E-state index contributed by atoms with van der Waals surface area (Å²) in [6, 6.07) is 20.6. The molecule has 4 rings (SSSR count). The van der Waals surface area contributed by atoms with Gasteiger partial charge < -0.3 is 20.3 Å². The van der Waals surface area contributed by atoms with Crippen LogP contribution in [-0.4, -0.2) is 25.1 Å². The van der Waals surface area contributed by atoms with Crippen LogP contribution in [0.4, 0.5) is 16.2 Å². The van der Waals surface area contributed by atoms with Gasteiger partial charge >= 0.3 is 6.03 Å². The number of carbonyl (C=O) groups excluding carboxylic acids is 2. The lowest BCUT2D eigenvalue weighted by Gasteiger charge is -2.22. The SMILES string of the molecule is CCOc1ccccc1CNC(=O)Nc1ccc2c(c1)N(CC)C(=O)c1ccccc1S2. The highest BCUT2D eigenvalue weighted by Gasteiger charge is 2.26. The van der Waals surface area contributed by atoms with Crippen molar-refractivity contribution in [3.05, 3.63) is 77.9 Å². The second-order valence-electron chi connectivity index (χ2n) is 7.18. The molecule has 3 aromatic carbocycles. The Kier molecular flexibility index (Phi) is 6.66. The molecule has 32 heavy (non-hydrogen) atoms. The van der Waals surface area contributed by atoms with Crippen molar-refractivity contribution in [3.8, 4) is 5.75 Å². The van der Waals surface area contributed by atoms with Crippen LogP contribution in [0.3, 0.4) is 0 Å². The average molecular weight is 448 g/mol. The number of amides is 3.